The van der Waals surface area contributed by atoms with Crippen LogP contribution in [0.1, 0.15) is 58.3 Å². The first-order valence-electron chi connectivity index (χ1n) is 7.72. The van der Waals surface area contributed by atoms with Crippen molar-refractivity contribution >= 4 is 5.91 Å². The lowest BCUT2D eigenvalue weighted by Crippen LogP contribution is -2.49. The first kappa shape index (κ1) is 13.9. The van der Waals surface area contributed by atoms with Crippen LogP contribution in [0.15, 0.2) is 0 Å². The van der Waals surface area contributed by atoms with Gasteiger partial charge in [-0.25, -0.2) is 0 Å². The Bertz CT molecular complexity index is 278. The zero-order valence-corrected chi connectivity index (χ0v) is 11.7. The molecule has 0 aromatic carbocycles. The van der Waals surface area contributed by atoms with Gasteiger partial charge < -0.3 is 10.6 Å². The van der Waals surface area contributed by atoms with Crippen molar-refractivity contribution in [1.82, 2.24) is 4.90 Å². The van der Waals surface area contributed by atoms with Crippen molar-refractivity contribution in [3.63, 3.8) is 0 Å². The van der Waals surface area contributed by atoms with Gasteiger partial charge in [0.1, 0.15) is 0 Å². The van der Waals surface area contributed by atoms with Crippen LogP contribution in [0.3, 0.4) is 0 Å². The van der Waals surface area contributed by atoms with E-state index >= 15 is 0 Å². The maximum Gasteiger partial charge on any atom is 0.222 e. The van der Waals surface area contributed by atoms with E-state index in [1.54, 1.807) is 0 Å². The lowest BCUT2D eigenvalue weighted by Gasteiger charge is -2.44. The first-order valence-corrected chi connectivity index (χ1v) is 7.72. The monoisotopic (exact) mass is 252 g/mol. The highest BCUT2D eigenvalue weighted by Crippen LogP contribution is 2.35. The minimum Gasteiger partial charge on any atom is -0.339 e. The Morgan fingerprint density at radius 2 is 2.00 bits per heavy atom. The largest absolute Gasteiger partial charge is 0.339 e. The lowest BCUT2D eigenvalue weighted by molar-refractivity contribution is -0.137. The number of likely N-dealkylation sites (tertiary alicyclic amines) is 1. The molecule has 1 saturated heterocycles. The Hall–Kier alpha value is -0.570. The van der Waals surface area contributed by atoms with Gasteiger partial charge in [-0.3, -0.25) is 4.79 Å². The highest BCUT2D eigenvalue weighted by molar-refractivity contribution is 5.76. The average Bonchev–Trinajstić information content (AvgIpc) is 2.43. The Kier molecular flexibility index (Phi) is 5.04. The van der Waals surface area contributed by atoms with E-state index < -0.39 is 0 Å². The van der Waals surface area contributed by atoms with E-state index in [-0.39, 0.29) is 0 Å². The van der Waals surface area contributed by atoms with Crippen molar-refractivity contribution in [2.24, 2.45) is 17.6 Å². The number of piperidine rings is 1. The van der Waals surface area contributed by atoms with E-state index in [1.807, 2.05) is 0 Å². The summed E-state index contributed by atoms with van der Waals surface area (Å²) in [6, 6.07) is 0.563. The molecule has 3 nitrogen and oxygen atoms in total. The fraction of sp³-hybridized carbons (Fsp3) is 0.933. The third-order valence-electron chi connectivity index (χ3n) is 4.82. The highest BCUT2D eigenvalue weighted by Gasteiger charge is 2.35. The molecule has 104 valence electrons. The number of nitrogens with two attached hydrogens (primary N) is 1. The Morgan fingerprint density at radius 3 is 2.78 bits per heavy atom. The van der Waals surface area contributed by atoms with E-state index in [0.29, 0.717) is 30.8 Å². The number of rotatable bonds is 4. The van der Waals surface area contributed by atoms with Gasteiger partial charge in [0.2, 0.25) is 5.91 Å². The minimum atomic E-state index is 0.381. The van der Waals surface area contributed by atoms with Crippen LogP contribution in [-0.4, -0.2) is 29.9 Å². The van der Waals surface area contributed by atoms with Gasteiger partial charge in [0.05, 0.1) is 0 Å². The smallest absolute Gasteiger partial charge is 0.222 e. The van der Waals surface area contributed by atoms with Gasteiger partial charge in [0, 0.05) is 19.0 Å². The molecule has 1 saturated carbocycles. The number of amides is 1. The molecular weight excluding hydrogens is 224 g/mol. The second-order valence-corrected chi connectivity index (χ2v) is 6.22. The molecule has 1 aliphatic carbocycles. The molecule has 2 rings (SSSR count). The fourth-order valence-corrected chi connectivity index (χ4v) is 3.57. The quantitative estimate of drug-likeness (QED) is 0.835. The normalized spacial score (nSPS) is 29.8. The summed E-state index contributed by atoms with van der Waals surface area (Å²) in [6.45, 7) is 3.82. The van der Waals surface area contributed by atoms with Crippen LogP contribution in [0.2, 0.25) is 0 Å². The molecule has 3 atom stereocenters. The second kappa shape index (κ2) is 6.55. The Morgan fingerprint density at radius 1 is 1.28 bits per heavy atom. The van der Waals surface area contributed by atoms with Crippen LogP contribution in [0.4, 0.5) is 0 Å². The molecule has 1 amide bonds. The van der Waals surface area contributed by atoms with Crippen molar-refractivity contribution in [1.29, 1.82) is 0 Å². The molecule has 1 aliphatic heterocycles. The third kappa shape index (κ3) is 3.25. The van der Waals surface area contributed by atoms with Crippen LogP contribution < -0.4 is 5.73 Å². The zero-order chi connectivity index (χ0) is 13.0. The number of hydrogen-bond donors (Lipinski definition) is 1. The maximum atomic E-state index is 12.4. The summed E-state index contributed by atoms with van der Waals surface area (Å²) < 4.78 is 0. The SMILES string of the molecule is CC(CN)CCC(=O)N1CCCC2CCCCC21. The van der Waals surface area contributed by atoms with Crippen LogP contribution in [0, 0.1) is 11.8 Å². The number of hydrogen-bond acceptors (Lipinski definition) is 2. The lowest BCUT2D eigenvalue weighted by atomic mass is 9.78. The van der Waals surface area contributed by atoms with Gasteiger partial charge >= 0.3 is 0 Å². The molecule has 2 fully saturated rings. The molecule has 2 N–H and O–H groups in total. The van der Waals surface area contributed by atoms with Gasteiger partial charge in [-0.15, -0.1) is 0 Å². The van der Waals surface area contributed by atoms with Crippen LogP contribution in [0.5, 0.6) is 0 Å². The summed E-state index contributed by atoms with van der Waals surface area (Å²) in [5.74, 6) is 1.65. The predicted octanol–water partition coefficient (Wildman–Crippen LogP) is 2.54. The van der Waals surface area contributed by atoms with E-state index in [9.17, 15) is 4.79 Å². The van der Waals surface area contributed by atoms with Crippen molar-refractivity contribution < 1.29 is 4.79 Å². The topological polar surface area (TPSA) is 46.3 Å². The summed E-state index contributed by atoms with van der Waals surface area (Å²) >= 11 is 0. The standard InChI is InChI=1S/C15H28N2O/c1-12(11-16)8-9-15(18)17-10-4-6-13-5-2-3-7-14(13)17/h12-14H,2-11,16H2,1H3. The number of carbonyl (C=O) groups excluding carboxylic acids is 1. The van der Waals surface area contributed by atoms with E-state index in [2.05, 4.69) is 11.8 Å². The molecule has 2 aliphatic rings. The number of nitrogens with zero attached hydrogens (tertiary/aromatic N) is 1. The maximum absolute atomic E-state index is 12.4. The third-order valence-corrected chi connectivity index (χ3v) is 4.82. The van der Waals surface area contributed by atoms with Gasteiger partial charge in [0.15, 0.2) is 0 Å². The Labute approximate surface area is 111 Å². The molecule has 0 aromatic heterocycles. The summed E-state index contributed by atoms with van der Waals surface area (Å²) in [5.41, 5.74) is 5.62. The number of carbonyl (C=O) groups is 1. The molecule has 3 unspecified atom stereocenters. The number of fused-ring (bicyclic) bond motifs is 1. The molecule has 0 bridgehead atoms. The van der Waals surface area contributed by atoms with E-state index in [4.69, 9.17) is 5.73 Å². The fourth-order valence-electron chi connectivity index (χ4n) is 3.57. The first-order chi connectivity index (χ1) is 8.72. The van der Waals surface area contributed by atoms with Crippen LogP contribution in [0.25, 0.3) is 0 Å². The highest BCUT2D eigenvalue weighted by atomic mass is 16.2. The molecule has 18 heavy (non-hydrogen) atoms. The molecule has 3 heteroatoms. The summed E-state index contributed by atoms with van der Waals surface area (Å²) in [5, 5.41) is 0. The van der Waals surface area contributed by atoms with Gasteiger partial charge in [-0.2, -0.15) is 0 Å². The van der Waals surface area contributed by atoms with E-state index in [0.717, 1.165) is 18.9 Å². The van der Waals surface area contributed by atoms with Crippen molar-refractivity contribution in [2.45, 2.75) is 64.3 Å². The second-order valence-electron chi connectivity index (χ2n) is 6.22. The molecular formula is C15H28N2O. The van der Waals surface area contributed by atoms with Crippen LogP contribution >= 0.6 is 0 Å². The van der Waals surface area contributed by atoms with Gasteiger partial charge in [-0.05, 0) is 50.5 Å². The summed E-state index contributed by atoms with van der Waals surface area (Å²) in [6.07, 6.45) is 9.45. The predicted molar refractivity (Wildman–Crippen MR) is 74.1 cm³/mol. The average molecular weight is 252 g/mol. The Balaban J connectivity index is 1.87. The van der Waals surface area contributed by atoms with Crippen molar-refractivity contribution in [2.75, 3.05) is 13.1 Å². The van der Waals surface area contributed by atoms with Crippen LogP contribution in [-0.2, 0) is 4.79 Å². The molecule has 0 spiro atoms. The minimum absolute atomic E-state index is 0.381. The van der Waals surface area contributed by atoms with Crippen molar-refractivity contribution in [3.05, 3.63) is 0 Å². The van der Waals surface area contributed by atoms with Gasteiger partial charge in [-0.1, -0.05) is 19.8 Å². The van der Waals surface area contributed by atoms with E-state index in [1.165, 1.54) is 38.5 Å². The molecule has 0 radical (unpaired) electrons. The summed E-state index contributed by atoms with van der Waals surface area (Å²) in [7, 11) is 0. The molecule has 1 heterocycles. The molecule has 0 aromatic rings. The zero-order valence-electron chi connectivity index (χ0n) is 11.7. The summed E-state index contributed by atoms with van der Waals surface area (Å²) in [4.78, 5) is 14.6. The van der Waals surface area contributed by atoms with Crippen molar-refractivity contribution in [3.8, 4) is 0 Å². The van der Waals surface area contributed by atoms with Gasteiger partial charge in [0.25, 0.3) is 0 Å².